The van der Waals surface area contributed by atoms with Gasteiger partial charge in [0.1, 0.15) is 0 Å². The number of nitrogens with one attached hydrogen (secondary N) is 1. The molecule has 1 aromatic carbocycles. The number of hydrogen-bond acceptors (Lipinski definition) is 3. The summed E-state index contributed by atoms with van der Waals surface area (Å²) >= 11 is 0. The third kappa shape index (κ3) is 2.80. The molecule has 1 aliphatic rings. The molecule has 2 rings (SSSR count). The second-order valence-corrected chi connectivity index (χ2v) is 5.37. The predicted octanol–water partition coefficient (Wildman–Crippen LogP) is 0.985. The fraction of sp³-hybridized carbons (Fsp3) is 0.533. The normalized spacial score (nSPS) is 19.6. The summed E-state index contributed by atoms with van der Waals surface area (Å²) in [6.07, 6.45) is 0. The van der Waals surface area contributed by atoms with Gasteiger partial charge in [0.25, 0.3) is 5.91 Å². The lowest BCUT2D eigenvalue weighted by Gasteiger charge is -2.36. The van der Waals surface area contributed by atoms with Crippen molar-refractivity contribution >= 4 is 5.91 Å². The van der Waals surface area contributed by atoms with Crippen LogP contribution < -0.4 is 11.1 Å². The monoisotopic (exact) mass is 261 g/mol. The van der Waals surface area contributed by atoms with Crippen LogP contribution in [0, 0.1) is 20.8 Å². The summed E-state index contributed by atoms with van der Waals surface area (Å²) in [5.41, 5.74) is 9.92. The predicted molar refractivity (Wildman–Crippen MR) is 77.4 cm³/mol. The van der Waals surface area contributed by atoms with Crippen molar-refractivity contribution in [2.45, 2.75) is 26.8 Å². The lowest BCUT2D eigenvalue weighted by atomic mass is 9.98. The van der Waals surface area contributed by atoms with Crippen LogP contribution in [0.15, 0.2) is 12.1 Å². The van der Waals surface area contributed by atoms with Crippen molar-refractivity contribution in [2.24, 2.45) is 5.73 Å². The molecule has 0 radical (unpaired) electrons. The second-order valence-electron chi connectivity index (χ2n) is 5.37. The number of nitrogens with two attached hydrogens (primary N) is 1. The van der Waals surface area contributed by atoms with Gasteiger partial charge in [0.05, 0.1) is 6.04 Å². The standard InChI is InChI=1S/C15H23N3O/c1-10-6-11(2)14(12(3)7-10)15(19)18-5-4-17-9-13(18)8-16/h6-7,13,17H,4-5,8-9,16H2,1-3H3. The summed E-state index contributed by atoms with van der Waals surface area (Å²) in [6.45, 7) is 8.93. The highest BCUT2D eigenvalue weighted by molar-refractivity contribution is 5.97. The molecule has 0 bridgehead atoms. The molecule has 1 fully saturated rings. The van der Waals surface area contributed by atoms with Crippen molar-refractivity contribution in [3.05, 3.63) is 34.4 Å². The zero-order chi connectivity index (χ0) is 14.0. The summed E-state index contributed by atoms with van der Waals surface area (Å²) in [7, 11) is 0. The Kier molecular flexibility index (Phi) is 4.22. The van der Waals surface area contributed by atoms with Gasteiger partial charge in [-0.1, -0.05) is 17.7 Å². The smallest absolute Gasteiger partial charge is 0.254 e. The first-order valence-electron chi connectivity index (χ1n) is 6.84. The molecular formula is C15H23N3O. The Morgan fingerprint density at radius 1 is 1.37 bits per heavy atom. The number of carbonyl (C=O) groups excluding carboxylic acids is 1. The van der Waals surface area contributed by atoms with E-state index in [1.165, 1.54) is 5.56 Å². The topological polar surface area (TPSA) is 58.4 Å². The fourth-order valence-corrected chi connectivity index (χ4v) is 2.90. The zero-order valence-electron chi connectivity index (χ0n) is 12.0. The molecule has 0 spiro atoms. The van der Waals surface area contributed by atoms with Crippen LogP contribution in [0.4, 0.5) is 0 Å². The average Bonchev–Trinajstić information content (AvgIpc) is 2.37. The quantitative estimate of drug-likeness (QED) is 0.834. The molecule has 1 aromatic rings. The van der Waals surface area contributed by atoms with Gasteiger partial charge in [0.15, 0.2) is 0 Å². The van der Waals surface area contributed by atoms with Crippen LogP contribution in [0.3, 0.4) is 0 Å². The van der Waals surface area contributed by atoms with Crippen molar-refractivity contribution in [2.75, 3.05) is 26.2 Å². The highest BCUT2D eigenvalue weighted by atomic mass is 16.2. The maximum atomic E-state index is 12.8. The molecule has 1 heterocycles. The van der Waals surface area contributed by atoms with Gasteiger partial charge in [-0.25, -0.2) is 0 Å². The first kappa shape index (κ1) is 14.0. The van der Waals surface area contributed by atoms with Crippen molar-refractivity contribution in [3.8, 4) is 0 Å². The molecule has 3 N–H and O–H groups in total. The SMILES string of the molecule is Cc1cc(C)c(C(=O)N2CCNCC2CN)c(C)c1. The van der Waals surface area contributed by atoms with Gasteiger partial charge in [-0.05, 0) is 31.9 Å². The number of aryl methyl sites for hydroxylation is 3. The third-order valence-electron chi connectivity index (χ3n) is 3.77. The molecule has 19 heavy (non-hydrogen) atoms. The van der Waals surface area contributed by atoms with E-state index in [2.05, 4.69) is 24.4 Å². The van der Waals surface area contributed by atoms with Crippen LogP contribution in [0.25, 0.3) is 0 Å². The van der Waals surface area contributed by atoms with E-state index >= 15 is 0 Å². The van der Waals surface area contributed by atoms with Gasteiger partial charge in [-0.3, -0.25) is 4.79 Å². The number of hydrogen-bond donors (Lipinski definition) is 2. The molecule has 1 amide bonds. The Bertz CT molecular complexity index is 461. The van der Waals surface area contributed by atoms with E-state index in [0.29, 0.717) is 6.54 Å². The van der Waals surface area contributed by atoms with Crippen LogP contribution in [0.5, 0.6) is 0 Å². The average molecular weight is 261 g/mol. The third-order valence-corrected chi connectivity index (χ3v) is 3.77. The van der Waals surface area contributed by atoms with Gasteiger partial charge in [0.2, 0.25) is 0 Å². The number of rotatable bonds is 2. The Morgan fingerprint density at radius 2 is 2.00 bits per heavy atom. The molecule has 1 aliphatic heterocycles. The molecule has 0 saturated carbocycles. The largest absolute Gasteiger partial charge is 0.332 e. The van der Waals surface area contributed by atoms with Crippen LogP contribution in [-0.2, 0) is 0 Å². The van der Waals surface area contributed by atoms with E-state index in [1.807, 2.05) is 18.7 Å². The summed E-state index contributed by atoms with van der Waals surface area (Å²) < 4.78 is 0. The summed E-state index contributed by atoms with van der Waals surface area (Å²) in [5, 5.41) is 3.29. The molecule has 0 aromatic heterocycles. The lowest BCUT2D eigenvalue weighted by Crippen LogP contribution is -2.56. The number of amides is 1. The number of carbonyl (C=O) groups is 1. The van der Waals surface area contributed by atoms with E-state index in [4.69, 9.17) is 5.73 Å². The highest BCUT2D eigenvalue weighted by Crippen LogP contribution is 2.20. The molecule has 1 saturated heterocycles. The molecule has 1 unspecified atom stereocenters. The Hall–Kier alpha value is -1.39. The van der Waals surface area contributed by atoms with Crippen molar-refractivity contribution in [3.63, 3.8) is 0 Å². The Labute approximate surface area is 115 Å². The number of piperazine rings is 1. The molecule has 1 atom stereocenters. The van der Waals surface area contributed by atoms with Crippen molar-refractivity contribution in [1.29, 1.82) is 0 Å². The van der Waals surface area contributed by atoms with Crippen molar-refractivity contribution < 1.29 is 4.79 Å². The Balaban J connectivity index is 2.33. The van der Waals surface area contributed by atoms with Gasteiger partial charge < -0.3 is 16.0 Å². The van der Waals surface area contributed by atoms with E-state index in [9.17, 15) is 4.79 Å². The second kappa shape index (κ2) is 5.72. The molecule has 4 heteroatoms. The zero-order valence-corrected chi connectivity index (χ0v) is 12.0. The van der Waals surface area contributed by atoms with Crippen LogP contribution >= 0.6 is 0 Å². The summed E-state index contributed by atoms with van der Waals surface area (Å²) in [5.74, 6) is 0.118. The lowest BCUT2D eigenvalue weighted by molar-refractivity contribution is 0.0643. The minimum absolute atomic E-state index is 0.0985. The van der Waals surface area contributed by atoms with Gasteiger partial charge >= 0.3 is 0 Å². The van der Waals surface area contributed by atoms with Gasteiger partial charge in [-0.15, -0.1) is 0 Å². The van der Waals surface area contributed by atoms with E-state index in [1.54, 1.807) is 0 Å². The van der Waals surface area contributed by atoms with E-state index < -0.39 is 0 Å². The fourth-order valence-electron chi connectivity index (χ4n) is 2.90. The minimum Gasteiger partial charge on any atom is -0.332 e. The van der Waals surface area contributed by atoms with Crippen LogP contribution in [0.1, 0.15) is 27.0 Å². The molecular weight excluding hydrogens is 238 g/mol. The summed E-state index contributed by atoms with van der Waals surface area (Å²) in [6, 6.07) is 4.24. The number of benzene rings is 1. The van der Waals surface area contributed by atoms with Crippen LogP contribution in [-0.4, -0.2) is 43.0 Å². The molecule has 0 aliphatic carbocycles. The minimum atomic E-state index is 0.0985. The van der Waals surface area contributed by atoms with E-state index in [0.717, 1.165) is 36.3 Å². The maximum absolute atomic E-state index is 12.8. The van der Waals surface area contributed by atoms with Crippen LogP contribution in [0.2, 0.25) is 0 Å². The van der Waals surface area contributed by atoms with Crippen molar-refractivity contribution in [1.82, 2.24) is 10.2 Å². The first-order valence-corrected chi connectivity index (χ1v) is 6.84. The van der Waals surface area contributed by atoms with Gasteiger partial charge in [-0.2, -0.15) is 0 Å². The van der Waals surface area contributed by atoms with Gasteiger partial charge in [0, 0.05) is 31.7 Å². The summed E-state index contributed by atoms with van der Waals surface area (Å²) in [4.78, 5) is 14.7. The first-order chi connectivity index (χ1) is 9.04. The number of nitrogens with zero attached hydrogens (tertiary/aromatic N) is 1. The highest BCUT2D eigenvalue weighted by Gasteiger charge is 2.27. The maximum Gasteiger partial charge on any atom is 0.254 e. The Morgan fingerprint density at radius 3 is 2.58 bits per heavy atom. The molecule has 104 valence electrons. The van der Waals surface area contributed by atoms with E-state index in [-0.39, 0.29) is 11.9 Å². The molecule has 4 nitrogen and oxygen atoms in total.